The van der Waals surface area contributed by atoms with Crippen LogP contribution in [0.25, 0.3) is 0 Å². The lowest BCUT2D eigenvalue weighted by atomic mass is 9.53. The summed E-state index contributed by atoms with van der Waals surface area (Å²) in [5, 5.41) is 13.3. The number of aliphatic carboxylic acids is 1. The molecule has 0 radical (unpaired) electrons. The van der Waals surface area contributed by atoms with Gasteiger partial charge in [-0.3, -0.25) is 9.48 Å². The van der Waals surface area contributed by atoms with Gasteiger partial charge in [0.25, 0.3) is 5.78 Å². The first-order valence-corrected chi connectivity index (χ1v) is 7.39. The fourth-order valence-corrected chi connectivity index (χ4v) is 5.29. The fourth-order valence-electron chi connectivity index (χ4n) is 5.29. The van der Waals surface area contributed by atoms with Gasteiger partial charge in [-0.05, 0) is 62.3 Å². The number of carbonyl (C=O) groups is 2. The van der Waals surface area contributed by atoms with Crippen molar-refractivity contribution in [2.75, 3.05) is 0 Å². The summed E-state index contributed by atoms with van der Waals surface area (Å²) in [5.74, 6) is -0.0237. The molecular weight excluding hydrogens is 256 g/mol. The standard InChI is InChI=1S/C15H18N2O3/c18-13(14(19)20)12-1-2-16-17(12)15-6-9-3-10(7-15)5-11(4-9)8-15/h1-2,9-11H,3-8H2,(H,19,20). The zero-order valence-electron chi connectivity index (χ0n) is 11.3. The molecule has 1 aromatic rings. The normalized spacial score (nSPS) is 38.1. The Kier molecular flexibility index (Phi) is 2.38. The molecule has 4 aliphatic rings. The Labute approximate surface area is 117 Å². The summed E-state index contributed by atoms with van der Waals surface area (Å²) in [6, 6.07) is 1.55. The Balaban J connectivity index is 1.76. The summed E-state index contributed by atoms with van der Waals surface area (Å²) in [6.45, 7) is 0. The van der Waals surface area contributed by atoms with Gasteiger partial charge in [0.2, 0.25) is 0 Å². The van der Waals surface area contributed by atoms with E-state index >= 15 is 0 Å². The average molecular weight is 274 g/mol. The van der Waals surface area contributed by atoms with E-state index in [-0.39, 0.29) is 11.2 Å². The van der Waals surface area contributed by atoms with Crippen LogP contribution in [0.3, 0.4) is 0 Å². The van der Waals surface area contributed by atoms with Crippen molar-refractivity contribution in [3.8, 4) is 0 Å². The highest BCUT2D eigenvalue weighted by molar-refractivity contribution is 6.39. The molecule has 0 atom stereocenters. The predicted molar refractivity (Wildman–Crippen MR) is 70.3 cm³/mol. The van der Waals surface area contributed by atoms with E-state index in [0.29, 0.717) is 0 Å². The maximum absolute atomic E-state index is 11.9. The Morgan fingerprint density at radius 2 is 1.70 bits per heavy atom. The quantitative estimate of drug-likeness (QED) is 0.676. The van der Waals surface area contributed by atoms with Crippen LogP contribution in [-0.2, 0) is 10.3 Å². The number of carbonyl (C=O) groups excluding carboxylic acids is 1. The van der Waals surface area contributed by atoms with E-state index in [0.717, 1.165) is 37.0 Å². The molecule has 5 nitrogen and oxygen atoms in total. The lowest BCUT2D eigenvalue weighted by Gasteiger charge is -2.56. The van der Waals surface area contributed by atoms with Gasteiger partial charge < -0.3 is 5.11 Å². The van der Waals surface area contributed by atoms with Crippen LogP contribution in [0.1, 0.15) is 49.0 Å². The van der Waals surface area contributed by atoms with E-state index in [1.54, 1.807) is 16.9 Å². The summed E-state index contributed by atoms with van der Waals surface area (Å²) in [7, 11) is 0. The first-order chi connectivity index (χ1) is 9.57. The molecule has 4 fully saturated rings. The van der Waals surface area contributed by atoms with E-state index < -0.39 is 11.8 Å². The van der Waals surface area contributed by atoms with Crippen LogP contribution in [0.5, 0.6) is 0 Å². The van der Waals surface area contributed by atoms with Gasteiger partial charge in [-0.25, -0.2) is 4.79 Å². The number of Topliss-reactive ketones (excluding diaryl/α,β-unsaturated/α-hetero) is 1. The maximum Gasteiger partial charge on any atom is 0.378 e. The monoisotopic (exact) mass is 274 g/mol. The minimum atomic E-state index is -1.39. The summed E-state index contributed by atoms with van der Waals surface area (Å²) < 4.78 is 1.76. The molecule has 0 unspecified atom stereocenters. The molecular formula is C15H18N2O3. The molecule has 106 valence electrons. The number of carboxylic acid groups (broad SMARTS) is 1. The third kappa shape index (κ3) is 1.58. The zero-order chi connectivity index (χ0) is 13.9. The van der Waals surface area contributed by atoms with Gasteiger partial charge in [0.1, 0.15) is 5.69 Å². The van der Waals surface area contributed by atoms with Crippen molar-refractivity contribution in [2.24, 2.45) is 17.8 Å². The first kappa shape index (κ1) is 12.1. The second kappa shape index (κ2) is 3.93. The Morgan fingerprint density at radius 3 is 2.20 bits per heavy atom. The SMILES string of the molecule is O=C(O)C(=O)c1ccnn1C12CC3CC(CC(C3)C1)C2. The van der Waals surface area contributed by atoms with Crippen LogP contribution in [0.2, 0.25) is 0 Å². The second-order valence-corrected chi connectivity index (χ2v) is 6.90. The highest BCUT2D eigenvalue weighted by Crippen LogP contribution is 2.58. The van der Waals surface area contributed by atoms with Crippen molar-refractivity contribution < 1.29 is 14.7 Å². The van der Waals surface area contributed by atoms with Crippen molar-refractivity contribution in [1.82, 2.24) is 9.78 Å². The van der Waals surface area contributed by atoms with E-state index in [1.807, 2.05) is 0 Å². The largest absolute Gasteiger partial charge is 0.475 e. The zero-order valence-corrected chi connectivity index (χ0v) is 11.3. The molecule has 4 saturated carbocycles. The van der Waals surface area contributed by atoms with Crippen LogP contribution in [0.15, 0.2) is 12.3 Å². The van der Waals surface area contributed by atoms with Crippen LogP contribution < -0.4 is 0 Å². The van der Waals surface area contributed by atoms with Crippen LogP contribution >= 0.6 is 0 Å². The molecule has 0 aliphatic heterocycles. The van der Waals surface area contributed by atoms with E-state index in [2.05, 4.69) is 5.10 Å². The van der Waals surface area contributed by atoms with Crippen molar-refractivity contribution in [3.63, 3.8) is 0 Å². The smallest absolute Gasteiger partial charge is 0.378 e. The molecule has 0 saturated heterocycles. The number of carboxylic acids is 1. The van der Waals surface area contributed by atoms with Crippen molar-refractivity contribution in [3.05, 3.63) is 18.0 Å². The van der Waals surface area contributed by atoms with Gasteiger partial charge in [0, 0.05) is 6.20 Å². The molecule has 20 heavy (non-hydrogen) atoms. The van der Waals surface area contributed by atoms with Crippen molar-refractivity contribution >= 4 is 11.8 Å². The minimum Gasteiger partial charge on any atom is -0.475 e. The van der Waals surface area contributed by atoms with Crippen molar-refractivity contribution in [1.29, 1.82) is 0 Å². The topological polar surface area (TPSA) is 72.2 Å². The Bertz CT molecular complexity index is 554. The lowest BCUT2D eigenvalue weighted by Crippen LogP contribution is -2.53. The Morgan fingerprint density at radius 1 is 1.15 bits per heavy atom. The number of nitrogens with zero attached hydrogens (tertiary/aromatic N) is 2. The van der Waals surface area contributed by atoms with Gasteiger partial charge in [0.05, 0.1) is 5.54 Å². The molecule has 1 aromatic heterocycles. The number of aromatic nitrogens is 2. The number of hydrogen-bond donors (Lipinski definition) is 1. The highest BCUT2D eigenvalue weighted by atomic mass is 16.4. The molecule has 0 aromatic carbocycles. The van der Waals surface area contributed by atoms with E-state index in [1.165, 1.54) is 19.3 Å². The van der Waals surface area contributed by atoms with Crippen LogP contribution in [-0.4, -0.2) is 26.6 Å². The molecule has 5 rings (SSSR count). The summed E-state index contributed by atoms with van der Waals surface area (Å²) >= 11 is 0. The molecule has 0 spiro atoms. The molecule has 1 heterocycles. The van der Waals surface area contributed by atoms with E-state index in [9.17, 15) is 9.59 Å². The molecule has 5 heteroatoms. The summed E-state index contributed by atoms with van der Waals surface area (Å²) in [5.41, 5.74) is 0.151. The second-order valence-electron chi connectivity index (χ2n) is 6.90. The lowest BCUT2D eigenvalue weighted by molar-refractivity contribution is -0.131. The summed E-state index contributed by atoms with van der Waals surface area (Å²) in [4.78, 5) is 22.8. The maximum atomic E-state index is 11.9. The molecule has 4 bridgehead atoms. The highest BCUT2D eigenvalue weighted by Gasteiger charge is 2.53. The van der Waals surface area contributed by atoms with Gasteiger partial charge >= 0.3 is 5.97 Å². The number of hydrogen-bond acceptors (Lipinski definition) is 3. The molecule has 1 N–H and O–H groups in total. The van der Waals surface area contributed by atoms with Gasteiger partial charge in [-0.1, -0.05) is 0 Å². The molecule has 4 aliphatic carbocycles. The third-order valence-corrected chi connectivity index (χ3v) is 5.52. The average Bonchev–Trinajstić information content (AvgIpc) is 2.85. The first-order valence-electron chi connectivity index (χ1n) is 7.39. The van der Waals surface area contributed by atoms with Gasteiger partial charge in [-0.15, -0.1) is 0 Å². The third-order valence-electron chi connectivity index (χ3n) is 5.52. The predicted octanol–water partition coefficient (Wildman–Crippen LogP) is 2.08. The minimum absolute atomic E-state index is 0.0985. The fraction of sp³-hybridized carbons (Fsp3) is 0.667. The van der Waals surface area contributed by atoms with Crippen LogP contribution in [0, 0.1) is 17.8 Å². The van der Waals surface area contributed by atoms with Gasteiger partial charge in [0.15, 0.2) is 0 Å². The van der Waals surface area contributed by atoms with Crippen LogP contribution in [0.4, 0.5) is 0 Å². The summed E-state index contributed by atoms with van der Waals surface area (Å²) in [6.07, 6.45) is 8.66. The van der Waals surface area contributed by atoms with Crippen molar-refractivity contribution in [2.45, 2.75) is 44.1 Å². The molecule has 0 amide bonds. The number of rotatable bonds is 3. The van der Waals surface area contributed by atoms with E-state index in [4.69, 9.17) is 5.11 Å². The Hall–Kier alpha value is -1.65. The number of ketones is 1. The van der Waals surface area contributed by atoms with Gasteiger partial charge in [-0.2, -0.15) is 5.10 Å².